The second-order valence-electron chi connectivity index (χ2n) is 2.13. The smallest absolute Gasteiger partial charge is 0.339 e. The molecule has 0 bridgehead atoms. The molecule has 0 amide bonds. The van der Waals surface area contributed by atoms with Crippen molar-refractivity contribution in [2.45, 2.75) is 6.92 Å². The van der Waals surface area contributed by atoms with Gasteiger partial charge >= 0.3 is 5.97 Å². The predicted octanol–water partition coefficient (Wildman–Crippen LogP) is 0.353. The van der Waals surface area contributed by atoms with Gasteiger partial charge in [-0.2, -0.15) is 0 Å². The largest absolute Gasteiger partial charge is 0.402 e. The maximum absolute atomic E-state index is 10.9. The van der Waals surface area contributed by atoms with E-state index < -0.39 is 5.97 Å². The molecule has 0 spiro atoms. The Kier molecular flexibility index (Phi) is 2.47. The van der Waals surface area contributed by atoms with Crippen molar-refractivity contribution in [3.63, 3.8) is 0 Å². The number of carbonyl (C=O) groups is 1. The van der Waals surface area contributed by atoms with Gasteiger partial charge in [-0.25, -0.2) is 4.79 Å². The maximum atomic E-state index is 10.9. The van der Waals surface area contributed by atoms with Crippen molar-refractivity contribution in [2.24, 2.45) is 0 Å². The molecule has 1 aromatic heterocycles. The summed E-state index contributed by atoms with van der Waals surface area (Å²) in [5, 5.41) is 10.2. The summed E-state index contributed by atoms with van der Waals surface area (Å²) in [5.74, 6) is -0.395. The molecule has 0 atom stereocenters. The van der Waals surface area contributed by atoms with Crippen LogP contribution in [0.1, 0.15) is 6.92 Å². The molecule has 0 fully saturated rings. The lowest BCUT2D eigenvalue weighted by molar-refractivity contribution is -0.130. The Morgan fingerprint density at radius 1 is 1.67 bits per heavy atom. The van der Waals surface area contributed by atoms with Gasteiger partial charge in [0.25, 0.3) is 0 Å². The molecule has 62 valence electrons. The minimum atomic E-state index is -0.518. The van der Waals surface area contributed by atoms with Crippen LogP contribution in [0.3, 0.4) is 0 Å². The molecule has 0 aromatic carbocycles. The first-order valence-corrected chi connectivity index (χ1v) is 3.22. The first-order chi connectivity index (χ1) is 5.70. The molecule has 0 unspecified atom stereocenters. The van der Waals surface area contributed by atoms with Crippen molar-refractivity contribution >= 4 is 5.97 Å². The fourth-order valence-electron chi connectivity index (χ4n) is 0.467. The van der Waals surface area contributed by atoms with Gasteiger partial charge in [0.2, 0.25) is 5.88 Å². The number of ether oxygens (including phenoxy) is 1. The van der Waals surface area contributed by atoms with Crippen LogP contribution in [-0.2, 0) is 4.79 Å². The highest BCUT2D eigenvalue weighted by atomic mass is 16.5. The molecule has 0 saturated heterocycles. The Hall–Kier alpha value is -1.78. The first kappa shape index (κ1) is 8.32. The van der Waals surface area contributed by atoms with Crippen LogP contribution in [-0.4, -0.2) is 21.4 Å². The van der Waals surface area contributed by atoms with Crippen molar-refractivity contribution in [3.8, 4) is 5.88 Å². The fraction of sp³-hybridized carbons (Fsp3) is 0.143. The van der Waals surface area contributed by atoms with E-state index in [9.17, 15) is 4.79 Å². The average molecular weight is 165 g/mol. The Morgan fingerprint density at radius 2 is 2.42 bits per heavy atom. The van der Waals surface area contributed by atoms with Crippen LogP contribution in [0, 0.1) is 0 Å². The van der Waals surface area contributed by atoms with Crippen LogP contribution < -0.4 is 4.74 Å². The van der Waals surface area contributed by atoms with Crippen LogP contribution >= 0.6 is 0 Å². The average Bonchev–Trinajstić information content (AvgIpc) is 2.06. The maximum Gasteiger partial charge on any atom is 0.339 e. The van der Waals surface area contributed by atoms with Crippen LogP contribution in [0.4, 0.5) is 0 Å². The highest BCUT2D eigenvalue weighted by Gasteiger charge is 2.05. The molecule has 1 heterocycles. The molecule has 0 radical (unpaired) electrons. The lowest BCUT2D eigenvalue weighted by atomic mass is 10.4. The molecule has 12 heavy (non-hydrogen) atoms. The summed E-state index contributed by atoms with van der Waals surface area (Å²) in [6.07, 6.45) is 1.38. The van der Waals surface area contributed by atoms with E-state index in [1.165, 1.54) is 12.3 Å². The summed E-state index contributed by atoms with van der Waals surface area (Å²) >= 11 is 0. The predicted molar refractivity (Wildman–Crippen MR) is 40.3 cm³/mol. The van der Waals surface area contributed by atoms with Crippen molar-refractivity contribution in [1.82, 2.24) is 15.4 Å². The van der Waals surface area contributed by atoms with Gasteiger partial charge in [-0.05, 0) is 12.1 Å². The van der Waals surface area contributed by atoms with Gasteiger partial charge in [0.05, 0.1) is 6.20 Å². The van der Waals surface area contributed by atoms with Gasteiger partial charge in [-0.1, -0.05) is 11.7 Å². The number of nitrogens with zero attached hydrogens (tertiary/aromatic N) is 3. The fourth-order valence-corrected chi connectivity index (χ4v) is 0.467. The van der Waals surface area contributed by atoms with E-state index in [1.54, 1.807) is 6.92 Å². The number of esters is 1. The van der Waals surface area contributed by atoms with Gasteiger partial charge in [-0.3, -0.25) is 0 Å². The zero-order valence-electron chi connectivity index (χ0n) is 6.52. The van der Waals surface area contributed by atoms with Gasteiger partial charge in [0.1, 0.15) is 0 Å². The summed E-state index contributed by atoms with van der Waals surface area (Å²) in [6, 6.07) is 1.44. The molecule has 0 aliphatic heterocycles. The van der Waals surface area contributed by atoms with Crippen LogP contribution in [0.5, 0.6) is 5.88 Å². The number of rotatable bonds is 2. The number of hydrogen-bond donors (Lipinski definition) is 0. The molecule has 0 aliphatic rings. The van der Waals surface area contributed by atoms with Crippen molar-refractivity contribution in [3.05, 3.63) is 24.4 Å². The first-order valence-electron chi connectivity index (χ1n) is 3.22. The molecule has 0 N–H and O–H groups in total. The summed E-state index contributed by atoms with van der Waals surface area (Å²) in [4.78, 5) is 10.9. The number of aromatic nitrogens is 3. The Labute approximate surface area is 69.1 Å². The molecular formula is C7H7N3O2. The lowest BCUT2D eigenvalue weighted by Crippen LogP contribution is -2.09. The molecule has 1 rings (SSSR count). The monoisotopic (exact) mass is 165 g/mol. The van der Waals surface area contributed by atoms with E-state index in [1.807, 2.05) is 0 Å². The highest BCUT2D eigenvalue weighted by molar-refractivity contribution is 5.88. The minimum Gasteiger partial charge on any atom is -0.402 e. The van der Waals surface area contributed by atoms with E-state index >= 15 is 0 Å². The number of carbonyl (C=O) groups excluding carboxylic acids is 1. The second kappa shape index (κ2) is 3.56. The van der Waals surface area contributed by atoms with Gasteiger partial charge < -0.3 is 4.74 Å². The SMILES string of the molecule is C=C(C)C(=O)Oc1ccnnn1. The zero-order chi connectivity index (χ0) is 8.97. The summed E-state index contributed by atoms with van der Waals surface area (Å²) < 4.78 is 4.72. The highest BCUT2D eigenvalue weighted by Crippen LogP contribution is 2.02. The van der Waals surface area contributed by atoms with E-state index in [-0.39, 0.29) is 5.88 Å². The summed E-state index contributed by atoms with van der Waals surface area (Å²) in [6.45, 7) is 4.97. The third kappa shape index (κ3) is 2.12. The van der Waals surface area contributed by atoms with E-state index in [0.717, 1.165) is 0 Å². The third-order valence-electron chi connectivity index (χ3n) is 1.02. The topological polar surface area (TPSA) is 65.0 Å². The normalized spacial score (nSPS) is 9.08. The second-order valence-corrected chi connectivity index (χ2v) is 2.13. The van der Waals surface area contributed by atoms with Gasteiger partial charge in [-0.15, -0.1) is 5.10 Å². The van der Waals surface area contributed by atoms with Gasteiger partial charge in [0.15, 0.2) is 0 Å². The van der Waals surface area contributed by atoms with E-state index in [4.69, 9.17) is 4.74 Å². The van der Waals surface area contributed by atoms with Gasteiger partial charge in [0, 0.05) is 11.6 Å². The molecule has 5 heteroatoms. The Morgan fingerprint density at radius 3 is 2.92 bits per heavy atom. The van der Waals surface area contributed by atoms with E-state index in [2.05, 4.69) is 22.0 Å². The lowest BCUT2D eigenvalue weighted by Gasteiger charge is -1.99. The molecule has 0 saturated carbocycles. The Balaban J connectivity index is 2.65. The number of hydrogen-bond acceptors (Lipinski definition) is 5. The quantitative estimate of drug-likeness (QED) is 0.467. The van der Waals surface area contributed by atoms with Crippen LogP contribution in [0.25, 0.3) is 0 Å². The van der Waals surface area contributed by atoms with Crippen LogP contribution in [0.15, 0.2) is 24.4 Å². The van der Waals surface area contributed by atoms with Crippen LogP contribution in [0.2, 0.25) is 0 Å². The minimum absolute atomic E-state index is 0.123. The van der Waals surface area contributed by atoms with Crippen molar-refractivity contribution in [1.29, 1.82) is 0 Å². The molecule has 0 aliphatic carbocycles. The Bertz CT molecular complexity index is 297. The third-order valence-corrected chi connectivity index (χ3v) is 1.02. The summed E-state index contributed by atoms with van der Waals surface area (Å²) in [7, 11) is 0. The molecule has 1 aromatic rings. The molecular weight excluding hydrogens is 158 g/mol. The van der Waals surface area contributed by atoms with Crippen molar-refractivity contribution < 1.29 is 9.53 Å². The molecule has 5 nitrogen and oxygen atoms in total. The zero-order valence-corrected chi connectivity index (χ0v) is 6.52. The standard InChI is InChI=1S/C7H7N3O2/c1-5(2)7(11)12-6-3-4-8-10-9-6/h3-4H,1H2,2H3. The van der Waals surface area contributed by atoms with Crippen molar-refractivity contribution in [2.75, 3.05) is 0 Å². The van der Waals surface area contributed by atoms with E-state index in [0.29, 0.717) is 5.57 Å². The summed E-state index contributed by atoms with van der Waals surface area (Å²) in [5.41, 5.74) is 0.314.